The molecule has 1 aromatic rings. The molecule has 0 aromatic heterocycles. The van der Waals surface area contributed by atoms with Crippen LogP contribution in [0.4, 0.5) is 0 Å². The molecule has 0 saturated carbocycles. The van der Waals surface area contributed by atoms with Gasteiger partial charge in [0.15, 0.2) is 0 Å². The second-order valence-corrected chi connectivity index (χ2v) is 5.49. The summed E-state index contributed by atoms with van der Waals surface area (Å²) < 4.78 is 16.0. The summed E-state index contributed by atoms with van der Waals surface area (Å²) in [6.07, 6.45) is 1.14. The Balaban J connectivity index is 3.10. The molecule has 1 atom stereocenters. The van der Waals surface area contributed by atoms with Gasteiger partial charge in [0.05, 0.1) is 26.2 Å². The zero-order valence-electron chi connectivity index (χ0n) is 12.3. The fraction of sp³-hybridized carbons (Fsp3) is 0.500. The van der Waals surface area contributed by atoms with Gasteiger partial charge in [-0.25, -0.2) is 0 Å². The van der Waals surface area contributed by atoms with Crippen LogP contribution in [-0.2, 0) is 4.79 Å². The quantitative estimate of drug-likeness (QED) is 0.747. The number of primary amides is 1. The maximum Gasteiger partial charge on any atom is 0.218 e. The van der Waals surface area contributed by atoms with Crippen molar-refractivity contribution in [3.05, 3.63) is 12.1 Å². The molecule has 0 aliphatic rings. The van der Waals surface area contributed by atoms with E-state index in [1.165, 1.54) is 11.8 Å². The van der Waals surface area contributed by atoms with Crippen LogP contribution in [0.2, 0.25) is 0 Å². The molecule has 0 bridgehead atoms. The first kappa shape index (κ1) is 16.5. The minimum atomic E-state index is -0.309. The van der Waals surface area contributed by atoms with Crippen LogP contribution in [0.5, 0.6) is 17.2 Å². The van der Waals surface area contributed by atoms with Crippen molar-refractivity contribution in [1.82, 2.24) is 0 Å². The first-order valence-corrected chi connectivity index (χ1v) is 7.18. The maximum atomic E-state index is 11.1. The monoisotopic (exact) mass is 299 g/mol. The third-order valence-electron chi connectivity index (χ3n) is 2.84. The number of thioether (sulfide) groups is 1. The molecule has 1 aromatic carbocycles. The van der Waals surface area contributed by atoms with Crippen molar-refractivity contribution in [2.75, 3.05) is 21.3 Å². The molecule has 6 heteroatoms. The number of amides is 1. The summed E-state index contributed by atoms with van der Waals surface area (Å²) in [5.41, 5.74) is 5.27. The molecule has 5 nitrogen and oxygen atoms in total. The van der Waals surface area contributed by atoms with Crippen LogP contribution in [0.3, 0.4) is 0 Å². The van der Waals surface area contributed by atoms with Gasteiger partial charge in [0.25, 0.3) is 0 Å². The Morgan fingerprint density at radius 1 is 1.20 bits per heavy atom. The SMILES string of the molecule is CCC(CC(N)=O)Sc1c(OC)cc(OC)cc1OC. The van der Waals surface area contributed by atoms with E-state index in [4.69, 9.17) is 19.9 Å². The first-order valence-electron chi connectivity index (χ1n) is 6.30. The van der Waals surface area contributed by atoms with Crippen LogP contribution in [0.15, 0.2) is 17.0 Å². The van der Waals surface area contributed by atoms with E-state index in [2.05, 4.69) is 0 Å². The van der Waals surface area contributed by atoms with Gasteiger partial charge in [0, 0.05) is 23.8 Å². The third-order valence-corrected chi connectivity index (χ3v) is 4.31. The largest absolute Gasteiger partial charge is 0.496 e. The number of carbonyl (C=O) groups is 1. The van der Waals surface area contributed by atoms with Gasteiger partial charge in [0.1, 0.15) is 17.2 Å². The van der Waals surface area contributed by atoms with Crippen molar-refractivity contribution in [2.24, 2.45) is 5.73 Å². The zero-order chi connectivity index (χ0) is 15.1. The minimum absolute atomic E-state index is 0.0868. The summed E-state index contributed by atoms with van der Waals surface area (Å²) in [6.45, 7) is 2.02. The maximum absolute atomic E-state index is 11.1. The number of ether oxygens (including phenoxy) is 3. The number of nitrogens with two attached hydrogens (primary N) is 1. The highest BCUT2D eigenvalue weighted by Crippen LogP contribution is 2.44. The summed E-state index contributed by atoms with van der Waals surface area (Å²) in [4.78, 5) is 11.9. The molecule has 112 valence electrons. The number of hydrogen-bond acceptors (Lipinski definition) is 5. The summed E-state index contributed by atoms with van der Waals surface area (Å²) in [5.74, 6) is 1.67. The molecule has 1 unspecified atom stereocenters. The normalized spacial score (nSPS) is 11.8. The predicted molar refractivity (Wildman–Crippen MR) is 79.8 cm³/mol. The third kappa shape index (κ3) is 4.23. The van der Waals surface area contributed by atoms with Gasteiger partial charge in [-0.15, -0.1) is 11.8 Å². The molecule has 0 heterocycles. The van der Waals surface area contributed by atoms with E-state index in [0.717, 1.165) is 11.3 Å². The van der Waals surface area contributed by atoms with Gasteiger partial charge in [-0.1, -0.05) is 6.92 Å². The van der Waals surface area contributed by atoms with E-state index in [1.54, 1.807) is 33.5 Å². The van der Waals surface area contributed by atoms with Gasteiger partial charge in [-0.05, 0) is 6.42 Å². The Bertz CT molecular complexity index is 439. The van der Waals surface area contributed by atoms with E-state index in [9.17, 15) is 4.79 Å². The molecule has 0 saturated heterocycles. The summed E-state index contributed by atoms with van der Waals surface area (Å²) in [5, 5.41) is 0.0868. The Morgan fingerprint density at radius 2 is 1.75 bits per heavy atom. The number of methoxy groups -OCH3 is 3. The van der Waals surface area contributed by atoms with Crippen molar-refractivity contribution in [3.8, 4) is 17.2 Å². The van der Waals surface area contributed by atoms with Crippen molar-refractivity contribution in [3.63, 3.8) is 0 Å². The lowest BCUT2D eigenvalue weighted by atomic mass is 10.2. The van der Waals surface area contributed by atoms with Crippen LogP contribution in [-0.4, -0.2) is 32.5 Å². The van der Waals surface area contributed by atoms with Gasteiger partial charge in [0.2, 0.25) is 5.91 Å². The lowest BCUT2D eigenvalue weighted by molar-refractivity contribution is -0.118. The second-order valence-electron chi connectivity index (χ2n) is 4.18. The minimum Gasteiger partial charge on any atom is -0.496 e. The predicted octanol–water partition coefficient (Wildman–Crippen LogP) is 2.46. The zero-order valence-corrected chi connectivity index (χ0v) is 13.1. The standard InChI is InChI=1S/C14H21NO4S/c1-5-10(8-13(15)16)20-14-11(18-3)6-9(17-2)7-12(14)19-4/h6-7,10H,5,8H2,1-4H3,(H2,15,16). The average Bonchev–Trinajstić information content (AvgIpc) is 2.45. The lowest BCUT2D eigenvalue weighted by Crippen LogP contribution is -2.17. The van der Waals surface area contributed by atoms with E-state index in [-0.39, 0.29) is 11.2 Å². The Labute approximate surface area is 123 Å². The van der Waals surface area contributed by atoms with Crippen LogP contribution < -0.4 is 19.9 Å². The molecule has 0 radical (unpaired) electrons. The van der Waals surface area contributed by atoms with E-state index < -0.39 is 0 Å². The molecular weight excluding hydrogens is 278 g/mol. The molecule has 2 N–H and O–H groups in total. The molecule has 0 aliphatic heterocycles. The van der Waals surface area contributed by atoms with E-state index >= 15 is 0 Å². The Morgan fingerprint density at radius 3 is 2.10 bits per heavy atom. The van der Waals surface area contributed by atoms with E-state index in [0.29, 0.717) is 23.7 Å². The van der Waals surface area contributed by atoms with Gasteiger partial charge < -0.3 is 19.9 Å². The van der Waals surface area contributed by atoms with Gasteiger partial charge in [-0.3, -0.25) is 4.79 Å². The van der Waals surface area contributed by atoms with Gasteiger partial charge in [-0.2, -0.15) is 0 Å². The van der Waals surface area contributed by atoms with E-state index in [1.807, 2.05) is 6.92 Å². The Hall–Kier alpha value is -1.56. The van der Waals surface area contributed by atoms with Crippen molar-refractivity contribution >= 4 is 17.7 Å². The molecule has 1 amide bonds. The molecule has 0 aliphatic carbocycles. The average molecular weight is 299 g/mol. The fourth-order valence-corrected chi connectivity index (χ4v) is 3.01. The van der Waals surface area contributed by atoms with Crippen molar-refractivity contribution < 1.29 is 19.0 Å². The molecule has 0 spiro atoms. The number of rotatable bonds is 8. The van der Waals surface area contributed by atoms with Gasteiger partial charge >= 0.3 is 0 Å². The number of hydrogen-bond donors (Lipinski definition) is 1. The smallest absolute Gasteiger partial charge is 0.218 e. The summed E-state index contributed by atoms with van der Waals surface area (Å²) >= 11 is 1.53. The van der Waals surface area contributed by atoms with Crippen LogP contribution in [0.25, 0.3) is 0 Å². The fourth-order valence-electron chi connectivity index (χ4n) is 1.75. The van der Waals surface area contributed by atoms with Crippen molar-refractivity contribution in [1.29, 1.82) is 0 Å². The van der Waals surface area contributed by atoms with Crippen molar-refractivity contribution in [2.45, 2.75) is 29.9 Å². The highest BCUT2D eigenvalue weighted by molar-refractivity contribution is 8.00. The lowest BCUT2D eigenvalue weighted by Gasteiger charge is -2.18. The topological polar surface area (TPSA) is 70.8 Å². The van der Waals surface area contributed by atoms with Crippen LogP contribution in [0.1, 0.15) is 19.8 Å². The number of benzene rings is 1. The highest BCUT2D eigenvalue weighted by Gasteiger charge is 2.19. The van der Waals surface area contributed by atoms with Crippen LogP contribution in [0, 0.1) is 0 Å². The second kappa shape index (κ2) is 7.89. The first-order chi connectivity index (χ1) is 9.55. The highest BCUT2D eigenvalue weighted by atomic mass is 32.2. The summed E-state index contributed by atoms with van der Waals surface area (Å²) in [7, 11) is 4.77. The molecule has 1 rings (SSSR count). The number of carbonyl (C=O) groups excluding carboxylic acids is 1. The summed E-state index contributed by atoms with van der Waals surface area (Å²) in [6, 6.07) is 3.59. The molecular formula is C14H21NO4S. The molecule has 0 fully saturated rings. The molecule has 20 heavy (non-hydrogen) atoms. The van der Waals surface area contributed by atoms with Crippen LogP contribution >= 0.6 is 11.8 Å². The Kier molecular flexibility index (Phi) is 6.51.